The minimum atomic E-state index is 0.200. The van der Waals surface area contributed by atoms with Crippen LogP contribution in [0.25, 0.3) is 17.2 Å². The summed E-state index contributed by atoms with van der Waals surface area (Å²) in [5.41, 5.74) is 12.0. The van der Waals surface area contributed by atoms with Gasteiger partial charge in [-0.3, -0.25) is 0 Å². The van der Waals surface area contributed by atoms with Gasteiger partial charge in [0.25, 0.3) is 0 Å². The van der Waals surface area contributed by atoms with Crippen molar-refractivity contribution in [1.82, 2.24) is 0 Å². The monoisotopic (exact) mass is 495 g/mol. The van der Waals surface area contributed by atoms with Crippen molar-refractivity contribution in [2.45, 2.75) is 78.7 Å². The van der Waals surface area contributed by atoms with E-state index in [2.05, 4.69) is 119 Å². The second kappa shape index (κ2) is 10.5. The van der Waals surface area contributed by atoms with Crippen LogP contribution in [0, 0.1) is 5.92 Å². The van der Waals surface area contributed by atoms with Gasteiger partial charge in [-0.2, -0.15) is 0 Å². The van der Waals surface area contributed by atoms with E-state index in [1.54, 1.807) is 15.4 Å². The lowest BCUT2D eigenvalue weighted by Crippen LogP contribution is -2.10. The minimum Gasteiger partial charge on any atom is -0.0981 e. The zero-order chi connectivity index (χ0) is 25.3. The van der Waals surface area contributed by atoms with E-state index in [4.69, 9.17) is 0 Å². The molecule has 35 heavy (non-hydrogen) atoms. The molecular formula is C33H39SSi. The summed E-state index contributed by atoms with van der Waals surface area (Å²) in [5, 5.41) is 0. The number of allylic oxidation sites excluding steroid dienone is 7. The molecule has 2 aliphatic carbocycles. The topological polar surface area (TPSA) is 0 Å². The van der Waals surface area contributed by atoms with E-state index in [-0.39, 0.29) is 5.41 Å². The summed E-state index contributed by atoms with van der Waals surface area (Å²) < 4.78 is 0. The van der Waals surface area contributed by atoms with Gasteiger partial charge in [-0.25, -0.2) is 0 Å². The molecule has 0 saturated carbocycles. The Hall–Kier alpha value is -2.03. The Morgan fingerprint density at radius 2 is 1.66 bits per heavy atom. The van der Waals surface area contributed by atoms with Crippen molar-refractivity contribution in [3.05, 3.63) is 97.8 Å². The Kier molecular flexibility index (Phi) is 7.83. The van der Waals surface area contributed by atoms with Crippen LogP contribution in [-0.2, 0) is 5.41 Å². The van der Waals surface area contributed by atoms with Crippen molar-refractivity contribution in [2.75, 3.05) is 0 Å². The van der Waals surface area contributed by atoms with E-state index in [9.17, 15) is 0 Å². The summed E-state index contributed by atoms with van der Waals surface area (Å²) in [6.07, 6.45) is 10.5. The van der Waals surface area contributed by atoms with Gasteiger partial charge in [-0.1, -0.05) is 130 Å². The first-order chi connectivity index (χ1) is 16.7. The molecule has 0 N–H and O–H groups in total. The lowest BCUT2D eigenvalue weighted by Gasteiger charge is -2.19. The number of hydrogen-bond acceptors (Lipinski definition) is 1. The van der Waals surface area contributed by atoms with Crippen LogP contribution >= 0.6 is 11.8 Å². The van der Waals surface area contributed by atoms with Gasteiger partial charge >= 0.3 is 0 Å². The fourth-order valence-corrected chi connectivity index (χ4v) is 7.19. The van der Waals surface area contributed by atoms with Crippen molar-refractivity contribution in [1.29, 1.82) is 0 Å². The lowest BCUT2D eigenvalue weighted by molar-refractivity contribution is 0.590. The first kappa shape index (κ1) is 26.0. The fourth-order valence-electron chi connectivity index (χ4n) is 5.38. The predicted molar refractivity (Wildman–Crippen MR) is 158 cm³/mol. The van der Waals surface area contributed by atoms with Crippen LogP contribution in [0.1, 0.15) is 90.0 Å². The third kappa shape index (κ3) is 5.25. The van der Waals surface area contributed by atoms with Crippen molar-refractivity contribution in [3.8, 4) is 11.1 Å². The van der Waals surface area contributed by atoms with Crippen LogP contribution in [0.5, 0.6) is 0 Å². The summed E-state index contributed by atoms with van der Waals surface area (Å²) in [5.74, 6) is 0.657. The molecule has 0 bridgehead atoms. The lowest BCUT2D eigenvalue weighted by atomic mass is 9.86. The number of benzene rings is 2. The molecule has 0 spiro atoms. The maximum Gasteiger partial charge on any atom is 0.0392 e. The largest absolute Gasteiger partial charge is 0.0981 e. The quantitative estimate of drug-likeness (QED) is 0.380. The third-order valence-electron chi connectivity index (χ3n) is 7.44. The molecule has 2 atom stereocenters. The Bertz CT molecular complexity index is 1210. The highest BCUT2D eigenvalue weighted by Crippen LogP contribution is 2.51. The minimum absolute atomic E-state index is 0.200. The number of fused-ring (bicyclic) bond motifs is 2. The molecule has 2 aromatic carbocycles. The molecule has 2 unspecified atom stereocenters. The average molecular weight is 496 g/mol. The van der Waals surface area contributed by atoms with Gasteiger partial charge in [-0.15, -0.1) is 0 Å². The Morgan fingerprint density at radius 3 is 2.26 bits per heavy atom. The molecule has 0 aromatic heterocycles. The highest BCUT2D eigenvalue weighted by molar-refractivity contribution is 8.07. The first-order valence-electron chi connectivity index (χ1n) is 13.1. The van der Waals surface area contributed by atoms with Gasteiger partial charge in [0.2, 0.25) is 0 Å². The van der Waals surface area contributed by atoms with Crippen LogP contribution in [0.15, 0.2) is 81.1 Å². The zero-order valence-corrected chi connectivity index (χ0v) is 24.3. The molecule has 0 fully saturated rings. The van der Waals surface area contributed by atoms with Crippen molar-refractivity contribution in [2.24, 2.45) is 5.92 Å². The Morgan fingerprint density at radius 1 is 0.943 bits per heavy atom. The first-order valence-corrected chi connectivity index (χ1v) is 14.5. The molecule has 1 aliphatic heterocycles. The van der Waals surface area contributed by atoms with Gasteiger partial charge < -0.3 is 0 Å². The van der Waals surface area contributed by atoms with E-state index >= 15 is 0 Å². The summed E-state index contributed by atoms with van der Waals surface area (Å²) >= 11 is 1.98. The van der Waals surface area contributed by atoms with Gasteiger partial charge in [0.1, 0.15) is 0 Å². The highest BCUT2D eigenvalue weighted by Gasteiger charge is 2.30. The van der Waals surface area contributed by atoms with E-state index in [1.165, 1.54) is 51.8 Å². The van der Waals surface area contributed by atoms with E-state index in [0.29, 0.717) is 11.5 Å². The number of rotatable bonds is 4. The van der Waals surface area contributed by atoms with Gasteiger partial charge in [0, 0.05) is 21.1 Å². The molecule has 0 nitrogen and oxygen atoms in total. The van der Waals surface area contributed by atoms with Crippen LogP contribution in [0.3, 0.4) is 0 Å². The number of thioether (sulfide) groups is 1. The van der Waals surface area contributed by atoms with Gasteiger partial charge in [0.15, 0.2) is 0 Å². The fraction of sp³-hybridized carbons (Fsp3) is 0.394. The summed E-state index contributed by atoms with van der Waals surface area (Å²) in [6, 6.07) is 15.8. The summed E-state index contributed by atoms with van der Waals surface area (Å²) in [4.78, 5) is 3.13. The van der Waals surface area contributed by atoms with Crippen molar-refractivity contribution < 1.29 is 0 Å². The maximum atomic E-state index is 3.94. The van der Waals surface area contributed by atoms with Crippen molar-refractivity contribution >= 4 is 28.1 Å². The Labute approximate surface area is 221 Å². The molecule has 5 rings (SSSR count). The normalized spacial score (nSPS) is 20.6. The molecule has 0 amide bonds. The second-order valence-corrected chi connectivity index (χ2v) is 12.8. The SMILES string of the molecule is CCC1=C(C)C2C(C)=CC=C2S1.CCCC1=Cc2c(-c3ccc(C(C)(C)C)cc3)cccc2C1[Si]. The molecule has 2 aromatic rings. The average Bonchev–Trinajstić information content (AvgIpc) is 3.47. The van der Waals surface area contributed by atoms with Crippen LogP contribution in [0.4, 0.5) is 0 Å². The standard InChI is InChI=1S/C22H25Si.C11H14S/c1-5-7-16-14-20-18(8-6-9-19(20)21(16)23)15-10-12-17(13-11-15)22(2,3)4;1-4-9-8(3)11-7(2)5-6-10(11)12-9/h6,8-14,21H,5,7H2,1-4H3;5-6,11H,4H2,1-3H3. The van der Waals surface area contributed by atoms with Crippen LogP contribution in [-0.4, -0.2) is 10.2 Å². The molecule has 0 saturated heterocycles. The van der Waals surface area contributed by atoms with E-state index < -0.39 is 0 Å². The smallest absolute Gasteiger partial charge is 0.0392 e. The zero-order valence-electron chi connectivity index (χ0n) is 22.5. The molecule has 181 valence electrons. The summed E-state index contributed by atoms with van der Waals surface area (Å²) in [6.45, 7) is 15.8. The maximum absolute atomic E-state index is 3.94. The molecule has 2 heteroatoms. The van der Waals surface area contributed by atoms with Crippen molar-refractivity contribution in [3.63, 3.8) is 0 Å². The van der Waals surface area contributed by atoms with Crippen LogP contribution in [0.2, 0.25) is 0 Å². The second-order valence-electron chi connectivity index (χ2n) is 11.0. The number of hydrogen-bond donors (Lipinski definition) is 0. The van der Waals surface area contributed by atoms with Gasteiger partial charge in [0.05, 0.1) is 0 Å². The van der Waals surface area contributed by atoms with Gasteiger partial charge in [-0.05, 0) is 70.4 Å². The summed E-state index contributed by atoms with van der Waals surface area (Å²) in [7, 11) is 3.94. The molecule has 1 heterocycles. The Balaban J connectivity index is 0.000000201. The molecule has 3 aliphatic rings. The van der Waals surface area contributed by atoms with Crippen LogP contribution < -0.4 is 0 Å². The third-order valence-corrected chi connectivity index (χ3v) is 9.58. The highest BCUT2D eigenvalue weighted by atomic mass is 32.2. The molecule has 3 radical (unpaired) electrons. The predicted octanol–water partition coefficient (Wildman–Crippen LogP) is 9.93. The molecular weight excluding hydrogens is 457 g/mol. The van der Waals surface area contributed by atoms with E-state index in [0.717, 1.165) is 6.42 Å². The van der Waals surface area contributed by atoms with E-state index in [1.807, 2.05) is 11.8 Å².